The fourth-order valence-corrected chi connectivity index (χ4v) is 1.15. The van der Waals surface area contributed by atoms with Crippen LogP contribution in [0.1, 0.15) is 13.3 Å². The maximum Gasteiger partial charge on any atom is 0.137 e. The molecule has 0 saturated heterocycles. The molecule has 4 heteroatoms. The van der Waals surface area contributed by atoms with Crippen LogP contribution >= 0.6 is 0 Å². The average molecular weight is 199 g/mol. The first-order valence-corrected chi connectivity index (χ1v) is 4.87. The van der Waals surface area contributed by atoms with Crippen LogP contribution in [0.2, 0.25) is 0 Å². The Labute approximate surface area is 86.1 Å². The van der Waals surface area contributed by atoms with Crippen molar-refractivity contribution in [1.29, 1.82) is 0 Å². The van der Waals surface area contributed by atoms with Gasteiger partial charge in [-0.1, -0.05) is 6.08 Å². The molecule has 3 N–H and O–H groups in total. The molecule has 4 nitrogen and oxygen atoms in total. The molecular formula is C10H21N3O. The predicted octanol–water partition coefficient (Wildman–Crippen LogP) is -0.125. The molecule has 0 bridgehead atoms. The number of hydrogen-bond donors (Lipinski definition) is 3. The fourth-order valence-electron chi connectivity index (χ4n) is 1.15. The normalized spacial score (nSPS) is 16.1. The van der Waals surface area contributed by atoms with Gasteiger partial charge >= 0.3 is 0 Å². The smallest absolute Gasteiger partial charge is 0.137 e. The third kappa shape index (κ3) is 4.39. The van der Waals surface area contributed by atoms with Crippen molar-refractivity contribution in [3.63, 3.8) is 0 Å². The molecule has 0 aromatic carbocycles. The van der Waals surface area contributed by atoms with Gasteiger partial charge in [-0.3, -0.25) is 0 Å². The lowest BCUT2D eigenvalue weighted by atomic mass is 10.1. The van der Waals surface area contributed by atoms with E-state index in [9.17, 15) is 4.79 Å². The predicted molar refractivity (Wildman–Crippen MR) is 59.2 cm³/mol. The molecule has 2 unspecified atom stereocenters. The van der Waals surface area contributed by atoms with Crippen LogP contribution in [0.15, 0.2) is 11.8 Å². The van der Waals surface area contributed by atoms with Crippen LogP contribution in [-0.4, -0.2) is 39.5 Å². The van der Waals surface area contributed by atoms with Crippen molar-refractivity contribution in [2.45, 2.75) is 25.4 Å². The lowest BCUT2D eigenvalue weighted by Gasteiger charge is -2.15. The molecule has 0 aliphatic heterocycles. The largest absolute Gasteiger partial charge is 0.390 e. The quantitative estimate of drug-likeness (QED) is 0.500. The summed E-state index contributed by atoms with van der Waals surface area (Å²) in [6.45, 7) is 2.07. The van der Waals surface area contributed by atoms with E-state index >= 15 is 0 Å². The third-order valence-electron chi connectivity index (χ3n) is 2.31. The highest BCUT2D eigenvalue weighted by molar-refractivity contribution is 5.57. The van der Waals surface area contributed by atoms with Crippen LogP contribution in [0.5, 0.6) is 0 Å². The molecule has 0 heterocycles. The van der Waals surface area contributed by atoms with Gasteiger partial charge in [0, 0.05) is 18.8 Å². The highest BCUT2D eigenvalue weighted by atomic mass is 16.1. The van der Waals surface area contributed by atoms with Crippen molar-refractivity contribution >= 4 is 6.29 Å². The van der Waals surface area contributed by atoms with E-state index in [4.69, 9.17) is 0 Å². The average Bonchev–Trinajstić information content (AvgIpc) is 2.24. The van der Waals surface area contributed by atoms with Gasteiger partial charge in [-0.05, 0) is 27.4 Å². The van der Waals surface area contributed by atoms with Gasteiger partial charge in [0.1, 0.15) is 6.29 Å². The van der Waals surface area contributed by atoms with Gasteiger partial charge in [-0.2, -0.15) is 0 Å². The minimum absolute atomic E-state index is 0.0950. The van der Waals surface area contributed by atoms with E-state index in [0.29, 0.717) is 6.42 Å². The molecule has 0 aromatic rings. The Balaban J connectivity index is 4.22. The standard InChI is InChI=1S/C10H21N3O/c1-8(11-2)10(13-4)6-5-9(7-14)12-3/h6-9,11-13H,5H2,1-4H3/b10-6+. The summed E-state index contributed by atoms with van der Waals surface area (Å²) in [6.07, 6.45) is 3.67. The van der Waals surface area contributed by atoms with Gasteiger partial charge in [0.25, 0.3) is 0 Å². The Bertz CT molecular complexity index is 192. The van der Waals surface area contributed by atoms with Crippen LogP contribution in [0.25, 0.3) is 0 Å². The molecule has 14 heavy (non-hydrogen) atoms. The lowest BCUT2D eigenvalue weighted by Crippen LogP contribution is -2.31. The zero-order valence-corrected chi connectivity index (χ0v) is 9.42. The van der Waals surface area contributed by atoms with E-state index in [-0.39, 0.29) is 12.1 Å². The second-order valence-corrected chi connectivity index (χ2v) is 3.19. The molecule has 0 aromatic heterocycles. The van der Waals surface area contributed by atoms with E-state index in [0.717, 1.165) is 12.0 Å². The Kier molecular flexibility index (Phi) is 7.06. The molecule has 2 atom stereocenters. The van der Waals surface area contributed by atoms with Gasteiger partial charge in [-0.25, -0.2) is 0 Å². The molecule has 0 amide bonds. The van der Waals surface area contributed by atoms with E-state index in [1.54, 1.807) is 7.05 Å². The number of likely N-dealkylation sites (N-methyl/N-ethyl adjacent to an activating group) is 3. The maximum atomic E-state index is 10.5. The second kappa shape index (κ2) is 7.53. The molecule has 0 fully saturated rings. The Morgan fingerprint density at radius 1 is 1.29 bits per heavy atom. The van der Waals surface area contributed by atoms with E-state index < -0.39 is 0 Å². The van der Waals surface area contributed by atoms with Crippen molar-refractivity contribution in [2.75, 3.05) is 21.1 Å². The zero-order chi connectivity index (χ0) is 11.0. The summed E-state index contributed by atoms with van der Waals surface area (Å²) in [5.41, 5.74) is 1.11. The summed E-state index contributed by atoms with van der Waals surface area (Å²) < 4.78 is 0. The minimum Gasteiger partial charge on any atom is -0.390 e. The van der Waals surface area contributed by atoms with Gasteiger partial charge < -0.3 is 20.7 Å². The number of carbonyl (C=O) groups is 1. The maximum absolute atomic E-state index is 10.5. The molecule has 0 rings (SSSR count). The number of carbonyl (C=O) groups excluding carboxylic acids is 1. The summed E-state index contributed by atoms with van der Waals surface area (Å²) in [4.78, 5) is 10.5. The number of hydrogen-bond acceptors (Lipinski definition) is 4. The van der Waals surface area contributed by atoms with Crippen LogP contribution < -0.4 is 16.0 Å². The first-order valence-electron chi connectivity index (χ1n) is 4.87. The molecule has 0 radical (unpaired) electrons. The summed E-state index contributed by atoms with van der Waals surface area (Å²) in [7, 11) is 5.58. The SMILES string of the molecule is CN/C(=C/CC(C=O)NC)C(C)NC. The first-order chi connectivity index (χ1) is 6.69. The summed E-state index contributed by atoms with van der Waals surface area (Å²) in [5, 5.41) is 9.17. The zero-order valence-electron chi connectivity index (χ0n) is 9.42. The summed E-state index contributed by atoms with van der Waals surface area (Å²) >= 11 is 0. The van der Waals surface area contributed by atoms with Gasteiger partial charge in [0.05, 0.1) is 6.04 Å². The molecule has 0 aliphatic rings. The lowest BCUT2D eigenvalue weighted by molar-refractivity contribution is -0.109. The number of rotatable bonds is 7. The Morgan fingerprint density at radius 3 is 2.29 bits per heavy atom. The molecule has 0 spiro atoms. The van der Waals surface area contributed by atoms with Crippen molar-refractivity contribution in [3.05, 3.63) is 11.8 Å². The van der Waals surface area contributed by atoms with Crippen molar-refractivity contribution in [1.82, 2.24) is 16.0 Å². The van der Waals surface area contributed by atoms with Crippen LogP contribution in [0, 0.1) is 0 Å². The number of aldehydes is 1. The minimum atomic E-state index is -0.0950. The van der Waals surface area contributed by atoms with E-state index in [1.807, 2.05) is 20.2 Å². The monoisotopic (exact) mass is 199 g/mol. The van der Waals surface area contributed by atoms with Crippen LogP contribution in [0.4, 0.5) is 0 Å². The van der Waals surface area contributed by atoms with Crippen LogP contribution in [0.3, 0.4) is 0 Å². The van der Waals surface area contributed by atoms with E-state index in [2.05, 4.69) is 22.9 Å². The van der Waals surface area contributed by atoms with E-state index in [1.165, 1.54) is 0 Å². The highest BCUT2D eigenvalue weighted by Crippen LogP contribution is 2.00. The second-order valence-electron chi connectivity index (χ2n) is 3.19. The van der Waals surface area contributed by atoms with Crippen molar-refractivity contribution < 1.29 is 4.79 Å². The van der Waals surface area contributed by atoms with Gasteiger partial charge in [-0.15, -0.1) is 0 Å². The van der Waals surface area contributed by atoms with Crippen LogP contribution in [-0.2, 0) is 4.79 Å². The highest BCUT2D eigenvalue weighted by Gasteiger charge is 2.06. The van der Waals surface area contributed by atoms with Gasteiger partial charge in [0.2, 0.25) is 0 Å². The number of nitrogens with one attached hydrogen (secondary N) is 3. The first kappa shape index (κ1) is 13.1. The fraction of sp³-hybridized carbons (Fsp3) is 0.700. The summed E-state index contributed by atoms with van der Waals surface area (Å²) in [6, 6.07) is 0.187. The molecular weight excluding hydrogens is 178 g/mol. The Hall–Kier alpha value is -0.870. The summed E-state index contributed by atoms with van der Waals surface area (Å²) in [5.74, 6) is 0. The molecule has 0 saturated carbocycles. The van der Waals surface area contributed by atoms with Gasteiger partial charge in [0.15, 0.2) is 0 Å². The molecule has 0 aliphatic carbocycles. The third-order valence-corrected chi connectivity index (χ3v) is 2.31. The Morgan fingerprint density at radius 2 is 1.93 bits per heavy atom. The topological polar surface area (TPSA) is 53.2 Å². The van der Waals surface area contributed by atoms with Crippen molar-refractivity contribution in [2.24, 2.45) is 0 Å². The molecule has 82 valence electrons. The van der Waals surface area contributed by atoms with Crippen molar-refractivity contribution in [3.8, 4) is 0 Å².